The first-order valence-corrected chi connectivity index (χ1v) is 11.5. The van der Waals surface area contributed by atoms with Crippen molar-refractivity contribution in [2.24, 2.45) is 5.92 Å². The lowest BCUT2D eigenvalue weighted by Crippen LogP contribution is -2.12. The second-order valence-corrected chi connectivity index (χ2v) is 9.25. The minimum Gasteiger partial charge on any atom is -0.493 e. The zero-order chi connectivity index (χ0) is 22.5. The maximum absolute atomic E-state index is 12.6. The average molecular weight is 443 g/mol. The molecule has 0 spiro atoms. The fourth-order valence-electron chi connectivity index (χ4n) is 3.25. The maximum atomic E-state index is 12.6. The minimum absolute atomic E-state index is 0.149. The molecule has 0 radical (unpaired) electrons. The highest BCUT2D eigenvalue weighted by Gasteiger charge is 2.12. The van der Waals surface area contributed by atoms with Crippen LogP contribution in [-0.2, 0) is 0 Å². The molecular weight excluding hydrogens is 416 g/mol. The number of amides is 1. The van der Waals surface area contributed by atoms with Crippen molar-refractivity contribution in [2.45, 2.75) is 20.8 Å². The summed E-state index contributed by atoms with van der Waals surface area (Å²) >= 11 is 1.69. The zero-order valence-electron chi connectivity index (χ0n) is 18.5. The Balaban J connectivity index is 1.43. The summed E-state index contributed by atoms with van der Waals surface area (Å²) in [7, 11) is 0. The van der Waals surface area contributed by atoms with Crippen LogP contribution in [-0.4, -0.2) is 17.5 Å². The van der Waals surface area contributed by atoms with E-state index in [0.29, 0.717) is 18.1 Å². The number of anilines is 1. The van der Waals surface area contributed by atoms with Gasteiger partial charge in [0.1, 0.15) is 10.8 Å². The van der Waals surface area contributed by atoms with Crippen LogP contribution in [0.1, 0.15) is 29.1 Å². The van der Waals surface area contributed by atoms with Crippen molar-refractivity contribution in [2.75, 3.05) is 11.9 Å². The Labute approximate surface area is 192 Å². The van der Waals surface area contributed by atoms with E-state index in [4.69, 9.17) is 9.72 Å². The van der Waals surface area contributed by atoms with Crippen molar-refractivity contribution in [1.82, 2.24) is 4.98 Å². The van der Waals surface area contributed by atoms with Crippen LogP contribution < -0.4 is 10.1 Å². The van der Waals surface area contributed by atoms with Gasteiger partial charge in [0.05, 0.1) is 12.3 Å². The largest absolute Gasteiger partial charge is 0.493 e. The van der Waals surface area contributed by atoms with Gasteiger partial charge in [-0.15, -0.1) is 11.3 Å². The van der Waals surface area contributed by atoms with Crippen molar-refractivity contribution in [3.63, 3.8) is 0 Å². The van der Waals surface area contributed by atoms with Crippen LogP contribution in [0.3, 0.4) is 0 Å². The van der Waals surface area contributed by atoms with E-state index in [1.165, 1.54) is 4.88 Å². The number of hydrogen-bond acceptors (Lipinski definition) is 4. The Morgan fingerprint density at radius 2 is 1.62 bits per heavy atom. The first-order valence-electron chi connectivity index (χ1n) is 10.7. The SMILES string of the molecule is Cc1sc(-c2ccccc2)nc1-c1ccc(NC(=O)c2ccc(OCC(C)C)cc2)cc1. The molecule has 1 N–H and O–H groups in total. The van der Waals surface area contributed by atoms with Gasteiger partial charge >= 0.3 is 0 Å². The molecule has 4 aromatic rings. The molecule has 5 heteroatoms. The van der Waals surface area contributed by atoms with Crippen molar-refractivity contribution < 1.29 is 9.53 Å². The number of aromatic nitrogens is 1. The van der Waals surface area contributed by atoms with E-state index >= 15 is 0 Å². The fraction of sp³-hybridized carbons (Fsp3) is 0.185. The molecule has 4 nitrogen and oxygen atoms in total. The second-order valence-electron chi connectivity index (χ2n) is 8.05. The molecule has 0 aliphatic rings. The standard InChI is InChI=1S/C27H26N2O2S/c1-18(2)17-31-24-15-11-21(12-16-24)26(30)28-23-13-9-20(10-14-23)25-19(3)32-27(29-25)22-7-5-4-6-8-22/h4-16,18H,17H2,1-3H3,(H,28,30). The first kappa shape index (κ1) is 21.8. The minimum atomic E-state index is -0.149. The lowest BCUT2D eigenvalue weighted by Gasteiger charge is -2.10. The normalized spacial score (nSPS) is 10.9. The molecule has 0 atom stereocenters. The van der Waals surface area contributed by atoms with Gasteiger partial charge in [-0.3, -0.25) is 4.79 Å². The highest BCUT2D eigenvalue weighted by Crippen LogP contribution is 2.33. The Morgan fingerprint density at radius 1 is 0.938 bits per heavy atom. The molecule has 4 rings (SSSR count). The summed E-state index contributed by atoms with van der Waals surface area (Å²) < 4.78 is 5.68. The summed E-state index contributed by atoms with van der Waals surface area (Å²) in [6.45, 7) is 6.95. The van der Waals surface area contributed by atoms with E-state index in [2.05, 4.69) is 38.2 Å². The molecule has 0 aliphatic carbocycles. The van der Waals surface area contributed by atoms with Crippen molar-refractivity contribution in [3.8, 4) is 27.6 Å². The predicted molar refractivity (Wildman–Crippen MR) is 132 cm³/mol. The van der Waals surface area contributed by atoms with Crippen LogP contribution in [0.5, 0.6) is 5.75 Å². The molecule has 1 aromatic heterocycles. The quantitative estimate of drug-likeness (QED) is 0.333. The third kappa shape index (κ3) is 5.24. The summed E-state index contributed by atoms with van der Waals surface area (Å²) in [5.41, 5.74) is 4.47. The van der Waals surface area contributed by atoms with Gasteiger partial charge in [0.2, 0.25) is 0 Å². The number of thiazole rings is 1. The highest BCUT2D eigenvalue weighted by atomic mass is 32.1. The lowest BCUT2D eigenvalue weighted by molar-refractivity contribution is 0.102. The van der Waals surface area contributed by atoms with Gasteiger partial charge in [-0.2, -0.15) is 0 Å². The number of aryl methyl sites for hydroxylation is 1. The molecule has 0 unspecified atom stereocenters. The molecule has 162 valence electrons. The second kappa shape index (κ2) is 9.79. The Kier molecular flexibility index (Phi) is 6.66. The average Bonchev–Trinajstić information content (AvgIpc) is 3.20. The highest BCUT2D eigenvalue weighted by molar-refractivity contribution is 7.15. The van der Waals surface area contributed by atoms with Crippen molar-refractivity contribution in [3.05, 3.63) is 89.3 Å². The van der Waals surface area contributed by atoms with Gasteiger partial charge in [-0.05, 0) is 49.2 Å². The van der Waals surface area contributed by atoms with E-state index < -0.39 is 0 Å². The van der Waals surface area contributed by atoms with E-state index in [1.54, 1.807) is 23.5 Å². The molecule has 0 bridgehead atoms. The summed E-state index contributed by atoms with van der Waals surface area (Å²) in [4.78, 5) is 18.6. The van der Waals surface area contributed by atoms with Gasteiger partial charge in [0.15, 0.2) is 0 Å². The van der Waals surface area contributed by atoms with Crippen LogP contribution in [0.25, 0.3) is 21.8 Å². The Hall–Kier alpha value is -3.44. The monoisotopic (exact) mass is 442 g/mol. The number of ether oxygens (including phenoxy) is 1. The van der Waals surface area contributed by atoms with E-state index in [-0.39, 0.29) is 5.91 Å². The molecular formula is C27H26N2O2S. The fourth-order valence-corrected chi connectivity index (χ4v) is 4.19. The number of nitrogens with zero attached hydrogens (tertiary/aromatic N) is 1. The smallest absolute Gasteiger partial charge is 0.255 e. The predicted octanol–water partition coefficient (Wildman–Crippen LogP) is 7.07. The maximum Gasteiger partial charge on any atom is 0.255 e. The lowest BCUT2D eigenvalue weighted by atomic mass is 10.1. The molecule has 1 amide bonds. The summed E-state index contributed by atoms with van der Waals surface area (Å²) in [6, 6.07) is 25.2. The number of carbonyl (C=O) groups excluding carboxylic acids is 1. The van der Waals surface area contributed by atoms with Gasteiger partial charge < -0.3 is 10.1 Å². The third-order valence-electron chi connectivity index (χ3n) is 4.93. The van der Waals surface area contributed by atoms with Crippen LogP contribution >= 0.6 is 11.3 Å². The number of rotatable bonds is 7. The van der Waals surface area contributed by atoms with E-state index in [0.717, 1.165) is 33.3 Å². The summed E-state index contributed by atoms with van der Waals surface area (Å²) in [5.74, 6) is 1.08. The number of carbonyl (C=O) groups is 1. The molecule has 0 fully saturated rings. The number of benzene rings is 3. The first-order chi connectivity index (χ1) is 15.5. The number of hydrogen-bond donors (Lipinski definition) is 1. The zero-order valence-corrected chi connectivity index (χ0v) is 19.3. The summed E-state index contributed by atoms with van der Waals surface area (Å²) in [6.07, 6.45) is 0. The van der Waals surface area contributed by atoms with Crippen LogP contribution in [0.2, 0.25) is 0 Å². The van der Waals surface area contributed by atoms with E-state index in [1.807, 2.05) is 54.6 Å². The van der Waals surface area contributed by atoms with Gasteiger partial charge in [0.25, 0.3) is 5.91 Å². The van der Waals surface area contributed by atoms with Gasteiger partial charge in [-0.1, -0.05) is 56.3 Å². The Bertz CT molecular complexity index is 1180. The Morgan fingerprint density at radius 3 is 2.28 bits per heavy atom. The molecule has 0 aliphatic heterocycles. The van der Waals surface area contributed by atoms with Gasteiger partial charge in [0, 0.05) is 27.3 Å². The van der Waals surface area contributed by atoms with Crippen LogP contribution in [0.15, 0.2) is 78.9 Å². The topological polar surface area (TPSA) is 51.2 Å². The third-order valence-corrected chi connectivity index (χ3v) is 5.95. The van der Waals surface area contributed by atoms with Crippen LogP contribution in [0.4, 0.5) is 5.69 Å². The molecule has 3 aromatic carbocycles. The molecule has 32 heavy (non-hydrogen) atoms. The number of nitrogens with one attached hydrogen (secondary N) is 1. The van der Waals surface area contributed by atoms with Crippen molar-refractivity contribution >= 4 is 22.9 Å². The van der Waals surface area contributed by atoms with Crippen LogP contribution in [0, 0.1) is 12.8 Å². The molecule has 0 saturated heterocycles. The van der Waals surface area contributed by atoms with Gasteiger partial charge in [-0.25, -0.2) is 4.98 Å². The van der Waals surface area contributed by atoms with E-state index in [9.17, 15) is 4.79 Å². The van der Waals surface area contributed by atoms with Crippen molar-refractivity contribution in [1.29, 1.82) is 0 Å². The summed E-state index contributed by atoms with van der Waals surface area (Å²) in [5, 5.41) is 3.97. The molecule has 1 heterocycles. The molecule has 0 saturated carbocycles.